The number of ether oxygens (including phenoxy) is 3. The molecule has 1 atom stereocenters. The molecule has 34 heavy (non-hydrogen) atoms. The molecular weight excluding hydrogens is 474 g/mol. The van der Waals surface area contributed by atoms with Gasteiger partial charge in [-0.05, 0) is 56.9 Å². The molecule has 1 N–H and O–H groups in total. The van der Waals surface area contributed by atoms with E-state index >= 15 is 0 Å². The minimum Gasteiger partial charge on any atom is -0.493 e. The summed E-state index contributed by atoms with van der Waals surface area (Å²) in [4.78, 5) is 19.8. The average Bonchev–Trinajstić information content (AvgIpc) is 3.56. The topological polar surface area (TPSA) is 72.9 Å². The molecule has 2 fully saturated rings. The van der Waals surface area contributed by atoms with Gasteiger partial charge in [-0.15, -0.1) is 0 Å². The summed E-state index contributed by atoms with van der Waals surface area (Å²) in [6.45, 7) is 7.11. The van der Waals surface area contributed by atoms with Crippen LogP contribution in [0.15, 0.2) is 30.5 Å². The minimum atomic E-state index is -0.0695. The van der Waals surface area contributed by atoms with E-state index in [0.29, 0.717) is 28.3 Å². The Bertz CT molecular complexity index is 973. The molecule has 1 saturated carbocycles. The first-order valence-corrected chi connectivity index (χ1v) is 13.1. The van der Waals surface area contributed by atoms with E-state index < -0.39 is 0 Å². The van der Waals surface area contributed by atoms with E-state index in [0.717, 1.165) is 56.5 Å². The number of hydrogen-bond acceptors (Lipinski definition) is 7. The zero-order chi connectivity index (χ0) is 23.8. The van der Waals surface area contributed by atoms with Gasteiger partial charge >= 0.3 is 0 Å². The van der Waals surface area contributed by atoms with Crippen molar-refractivity contribution in [1.29, 1.82) is 0 Å². The molecule has 2 aromatic rings. The second kappa shape index (κ2) is 12.5. The van der Waals surface area contributed by atoms with Crippen molar-refractivity contribution in [2.45, 2.75) is 38.6 Å². The van der Waals surface area contributed by atoms with Gasteiger partial charge in [0, 0.05) is 37.8 Å². The van der Waals surface area contributed by atoms with Crippen molar-refractivity contribution >= 4 is 34.9 Å². The molecule has 0 radical (unpaired) electrons. The second-order valence-electron chi connectivity index (χ2n) is 8.75. The van der Waals surface area contributed by atoms with Crippen molar-refractivity contribution in [2.24, 2.45) is 5.92 Å². The summed E-state index contributed by atoms with van der Waals surface area (Å²) >= 11 is 7.77. The molecule has 1 aliphatic carbocycles. The molecule has 0 bridgehead atoms. The Morgan fingerprint density at radius 3 is 2.97 bits per heavy atom. The number of rotatable bonds is 12. The maximum absolute atomic E-state index is 12.2. The summed E-state index contributed by atoms with van der Waals surface area (Å²) in [6, 6.07) is 5.38. The highest BCUT2D eigenvalue weighted by atomic mass is 35.5. The van der Waals surface area contributed by atoms with Gasteiger partial charge in [-0.2, -0.15) is 0 Å². The molecule has 1 aromatic carbocycles. The van der Waals surface area contributed by atoms with E-state index in [-0.39, 0.29) is 11.9 Å². The number of nitrogens with one attached hydrogen (secondary N) is 1. The fourth-order valence-electron chi connectivity index (χ4n) is 3.54. The molecule has 1 aliphatic heterocycles. The normalized spacial score (nSPS) is 17.6. The van der Waals surface area contributed by atoms with Crippen LogP contribution in [0.4, 0.5) is 0 Å². The lowest BCUT2D eigenvalue weighted by atomic mass is 10.2. The zero-order valence-electron chi connectivity index (χ0n) is 19.5. The van der Waals surface area contributed by atoms with Crippen LogP contribution < -0.4 is 14.8 Å². The number of hydrogen-bond donors (Lipinski definition) is 1. The molecule has 9 heteroatoms. The maximum atomic E-state index is 12.2. The van der Waals surface area contributed by atoms with Crippen molar-refractivity contribution in [1.82, 2.24) is 15.2 Å². The zero-order valence-corrected chi connectivity index (χ0v) is 21.1. The Balaban J connectivity index is 1.18. The maximum Gasteiger partial charge on any atom is 0.279 e. The summed E-state index contributed by atoms with van der Waals surface area (Å²) in [5.41, 5.74) is 0. The summed E-state index contributed by atoms with van der Waals surface area (Å²) in [5, 5.41) is 4.02. The SMILES string of the molecule is C[C@@H](C=Cc1cnc(Oc2ccc(OCC3CC3)cc2Cl)s1)NC(=O)CCCN1CCOCC1. The number of halogens is 1. The highest BCUT2D eigenvalue weighted by Crippen LogP contribution is 2.35. The summed E-state index contributed by atoms with van der Waals surface area (Å²) in [7, 11) is 0. The fourth-order valence-corrected chi connectivity index (χ4v) is 4.44. The number of thiazole rings is 1. The lowest BCUT2D eigenvalue weighted by Crippen LogP contribution is -2.37. The van der Waals surface area contributed by atoms with Crippen molar-refractivity contribution in [3.8, 4) is 16.7 Å². The van der Waals surface area contributed by atoms with Gasteiger partial charge in [-0.25, -0.2) is 4.98 Å². The van der Waals surface area contributed by atoms with E-state index in [1.54, 1.807) is 18.3 Å². The van der Waals surface area contributed by atoms with Gasteiger partial charge < -0.3 is 19.5 Å². The molecular formula is C25H32ClN3O4S. The van der Waals surface area contributed by atoms with Crippen LogP contribution in [0.2, 0.25) is 5.02 Å². The average molecular weight is 506 g/mol. The van der Waals surface area contributed by atoms with Gasteiger partial charge in [-0.3, -0.25) is 9.69 Å². The standard InChI is InChI=1S/C25H32ClN3O4S/c1-18(28-24(30)3-2-10-29-11-13-31-14-12-29)4-8-21-16-27-25(34-21)33-23-9-7-20(15-22(23)26)32-17-19-5-6-19/h4,7-9,15-16,18-19H,2-3,5-6,10-14,17H2,1H3,(H,28,30)/t18-/m0/s1. The third kappa shape index (κ3) is 8.27. The Morgan fingerprint density at radius 1 is 1.38 bits per heavy atom. The van der Waals surface area contributed by atoms with Gasteiger partial charge in [0.25, 0.3) is 5.19 Å². The lowest BCUT2D eigenvalue weighted by molar-refractivity contribution is -0.121. The first kappa shape index (κ1) is 25.0. The predicted octanol–water partition coefficient (Wildman–Crippen LogP) is 5.01. The summed E-state index contributed by atoms with van der Waals surface area (Å²) in [6.07, 6.45) is 9.52. The van der Waals surface area contributed by atoms with Gasteiger partial charge in [0.1, 0.15) is 11.5 Å². The molecule has 1 amide bonds. The molecule has 0 spiro atoms. The molecule has 184 valence electrons. The molecule has 1 saturated heterocycles. The van der Waals surface area contributed by atoms with Crippen LogP contribution in [-0.4, -0.2) is 61.3 Å². The van der Waals surface area contributed by atoms with Crippen molar-refractivity contribution in [2.75, 3.05) is 39.5 Å². The number of amides is 1. The van der Waals surface area contributed by atoms with Crippen molar-refractivity contribution < 1.29 is 19.0 Å². The quantitative estimate of drug-likeness (QED) is 0.437. The van der Waals surface area contributed by atoms with Crippen molar-refractivity contribution in [3.63, 3.8) is 0 Å². The minimum absolute atomic E-state index is 0.0675. The highest BCUT2D eigenvalue weighted by molar-refractivity contribution is 7.14. The first-order valence-electron chi connectivity index (χ1n) is 11.9. The number of aromatic nitrogens is 1. The predicted molar refractivity (Wildman–Crippen MR) is 135 cm³/mol. The first-order chi connectivity index (χ1) is 16.5. The summed E-state index contributed by atoms with van der Waals surface area (Å²) < 4.78 is 17.0. The van der Waals surface area contributed by atoms with Crippen LogP contribution >= 0.6 is 22.9 Å². The number of carbonyl (C=O) groups is 1. The molecule has 7 nitrogen and oxygen atoms in total. The molecule has 1 aromatic heterocycles. The summed E-state index contributed by atoms with van der Waals surface area (Å²) in [5.74, 6) is 2.05. The van der Waals surface area contributed by atoms with Crippen LogP contribution in [0, 0.1) is 5.92 Å². The fraction of sp³-hybridized carbons (Fsp3) is 0.520. The second-order valence-corrected chi connectivity index (χ2v) is 10.2. The number of morpholine rings is 1. The third-order valence-corrected chi connectivity index (χ3v) is 6.84. The van der Waals surface area contributed by atoms with Gasteiger partial charge in [0.05, 0.1) is 29.7 Å². The van der Waals surface area contributed by atoms with Crippen LogP contribution in [-0.2, 0) is 9.53 Å². The smallest absolute Gasteiger partial charge is 0.279 e. The Hall–Kier alpha value is -2.13. The van der Waals surface area contributed by atoms with E-state index in [1.807, 2.05) is 25.1 Å². The number of nitrogens with zero attached hydrogens (tertiary/aromatic N) is 2. The van der Waals surface area contributed by atoms with Gasteiger partial charge in [-0.1, -0.05) is 29.0 Å². The monoisotopic (exact) mass is 505 g/mol. The Kier molecular flexibility index (Phi) is 9.21. The van der Waals surface area contributed by atoms with E-state index in [2.05, 4.69) is 15.2 Å². The van der Waals surface area contributed by atoms with Crippen LogP contribution in [0.25, 0.3) is 6.08 Å². The van der Waals surface area contributed by atoms with Gasteiger partial charge in [0.15, 0.2) is 0 Å². The van der Waals surface area contributed by atoms with Crippen LogP contribution in [0.3, 0.4) is 0 Å². The molecule has 4 rings (SSSR count). The van der Waals surface area contributed by atoms with Gasteiger partial charge in [0.2, 0.25) is 5.91 Å². The molecule has 0 unspecified atom stereocenters. The molecule has 2 aliphatic rings. The third-order valence-electron chi connectivity index (χ3n) is 5.71. The van der Waals surface area contributed by atoms with Crippen LogP contribution in [0.1, 0.15) is 37.5 Å². The molecule has 2 heterocycles. The lowest BCUT2D eigenvalue weighted by Gasteiger charge is -2.26. The Labute approximate surface area is 210 Å². The van der Waals surface area contributed by atoms with E-state index in [4.69, 9.17) is 25.8 Å². The number of benzene rings is 1. The Morgan fingerprint density at radius 2 is 2.21 bits per heavy atom. The van der Waals surface area contributed by atoms with E-state index in [1.165, 1.54) is 24.2 Å². The van der Waals surface area contributed by atoms with Crippen LogP contribution in [0.5, 0.6) is 16.7 Å². The number of carbonyl (C=O) groups excluding carboxylic acids is 1. The largest absolute Gasteiger partial charge is 0.493 e. The van der Waals surface area contributed by atoms with E-state index in [9.17, 15) is 4.79 Å². The van der Waals surface area contributed by atoms with Crippen molar-refractivity contribution in [3.05, 3.63) is 40.4 Å². The highest BCUT2D eigenvalue weighted by Gasteiger charge is 2.22.